The van der Waals surface area contributed by atoms with Gasteiger partial charge in [-0.15, -0.1) is 0 Å². The van der Waals surface area contributed by atoms with E-state index in [1.54, 1.807) is 25.1 Å². The van der Waals surface area contributed by atoms with Gasteiger partial charge in [0.05, 0.1) is 29.2 Å². The van der Waals surface area contributed by atoms with Gasteiger partial charge in [0, 0.05) is 5.56 Å². The Hall–Kier alpha value is -3.03. The van der Waals surface area contributed by atoms with Crippen LogP contribution in [-0.4, -0.2) is 24.2 Å². The van der Waals surface area contributed by atoms with E-state index in [1.165, 1.54) is 7.11 Å². The van der Waals surface area contributed by atoms with Crippen LogP contribution in [0.5, 0.6) is 23.0 Å². The highest BCUT2D eigenvalue weighted by atomic mass is 35.5. The first-order valence-electron chi connectivity index (χ1n) is 13.0. The van der Waals surface area contributed by atoms with Crippen LogP contribution >= 0.6 is 11.6 Å². The van der Waals surface area contributed by atoms with Crippen molar-refractivity contribution in [3.05, 3.63) is 57.6 Å². The van der Waals surface area contributed by atoms with Gasteiger partial charge in [0.15, 0.2) is 11.5 Å². The third-order valence-corrected chi connectivity index (χ3v) is 8.50. The van der Waals surface area contributed by atoms with E-state index < -0.39 is 17.5 Å². The molecule has 1 heterocycles. The smallest absolute Gasteiger partial charge is 0.346 e. The van der Waals surface area contributed by atoms with E-state index in [-0.39, 0.29) is 53.0 Å². The molecule has 0 spiro atoms. The lowest BCUT2D eigenvalue weighted by atomic mass is 9.78. The number of fused-ring (bicyclic) bond motifs is 4. The van der Waals surface area contributed by atoms with Gasteiger partial charge in [-0.05, 0) is 74.6 Å². The monoisotopic (exact) mass is 540 g/mol. The maximum absolute atomic E-state index is 13.5. The minimum absolute atomic E-state index is 0.0534. The first-order chi connectivity index (χ1) is 18.0. The molecule has 1 saturated carbocycles. The predicted octanol–water partition coefficient (Wildman–Crippen LogP) is 6.71. The van der Waals surface area contributed by atoms with E-state index in [0.717, 1.165) is 12.8 Å². The Morgan fingerprint density at radius 1 is 1.29 bits per heavy atom. The zero-order valence-corrected chi connectivity index (χ0v) is 23.1. The predicted molar refractivity (Wildman–Crippen MR) is 142 cm³/mol. The highest BCUT2D eigenvalue weighted by Crippen LogP contribution is 2.53. The van der Waals surface area contributed by atoms with Crippen molar-refractivity contribution in [2.45, 2.75) is 59.7 Å². The van der Waals surface area contributed by atoms with Gasteiger partial charge in [0.2, 0.25) is 0 Å². The van der Waals surface area contributed by atoms with Gasteiger partial charge >= 0.3 is 11.9 Å². The number of aryl methyl sites for hydroxylation is 1. The van der Waals surface area contributed by atoms with Gasteiger partial charge in [-0.25, -0.2) is 4.79 Å². The molecule has 2 aliphatic carbocycles. The van der Waals surface area contributed by atoms with E-state index in [2.05, 4.69) is 12.2 Å². The SMILES string of the molecule is COc1c([C@@H](O)CC(C)C)ccc2c1C(=O)OCc1c(Cl)c(C)cc(OC(=O)[C@]3(C)CC4C=CC3C4)c1O2. The van der Waals surface area contributed by atoms with Gasteiger partial charge in [0.1, 0.15) is 23.7 Å². The van der Waals surface area contributed by atoms with Crippen LogP contribution in [0.25, 0.3) is 0 Å². The third-order valence-electron chi connectivity index (χ3n) is 7.97. The van der Waals surface area contributed by atoms with Crippen LogP contribution in [-0.2, 0) is 16.1 Å². The van der Waals surface area contributed by atoms with Crippen molar-refractivity contribution in [3.63, 3.8) is 0 Å². The number of halogens is 1. The van der Waals surface area contributed by atoms with E-state index in [4.69, 9.17) is 30.5 Å². The summed E-state index contributed by atoms with van der Waals surface area (Å²) in [5.74, 6) is 0.514. The number of esters is 2. The van der Waals surface area contributed by atoms with Crippen molar-refractivity contribution in [3.8, 4) is 23.0 Å². The molecule has 2 aromatic rings. The molecule has 1 fully saturated rings. The number of methoxy groups -OCH3 is 1. The van der Waals surface area contributed by atoms with Gasteiger partial charge < -0.3 is 24.1 Å². The summed E-state index contributed by atoms with van der Waals surface area (Å²) in [6.45, 7) is 7.55. The number of allylic oxidation sites excluding steroid dienone is 2. The quantitative estimate of drug-likeness (QED) is 0.247. The molecule has 38 heavy (non-hydrogen) atoms. The first-order valence-corrected chi connectivity index (χ1v) is 13.4. The molecule has 0 amide bonds. The van der Waals surface area contributed by atoms with E-state index in [0.29, 0.717) is 34.1 Å². The van der Waals surface area contributed by atoms with Crippen LogP contribution in [0.1, 0.15) is 73.2 Å². The number of benzene rings is 2. The van der Waals surface area contributed by atoms with Gasteiger partial charge in [-0.2, -0.15) is 0 Å². The summed E-state index contributed by atoms with van der Waals surface area (Å²) in [6.07, 6.45) is 5.62. The molecule has 7 nitrogen and oxygen atoms in total. The number of carbonyl (C=O) groups is 2. The van der Waals surface area contributed by atoms with Crippen LogP contribution in [0.2, 0.25) is 5.02 Å². The highest BCUT2D eigenvalue weighted by molar-refractivity contribution is 6.32. The fraction of sp³-hybridized carbons (Fsp3) is 0.467. The second kappa shape index (κ2) is 9.93. The van der Waals surface area contributed by atoms with Crippen molar-refractivity contribution in [2.75, 3.05) is 7.11 Å². The Kier molecular flexibility index (Phi) is 6.95. The van der Waals surface area contributed by atoms with Crippen molar-refractivity contribution >= 4 is 23.5 Å². The van der Waals surface area contributed by atoms with Crippen LogP contribution in [0.15, 0.2) is 30.4 Å². The molecule has 2 unspecified atom stereocenters. The fourth-order valence-corrected chi connectivity index (χ4v) is 6.10. The summed E-state index contributed by atoms with van der Waals surface area (Å²) < 4.78 is 23.5. The maximum atomic E-state index is 13.5. The second-order valence-electron chi connectivity index (χ2n) is 11.2. The van der Waals surface area contributed by atoms with E-state index in [9.17, 15) is 14.7 Å². The van der Waals surface area contributed by atoms with Crippen LogP contribution in [0, 0.1) is 30.1 Å². The molecule has 1 aliphatic heterocycles. The molecular weight excluding hydrogens is 508 g/mol. The Balaban J connectivity index is 1.57. The summed E-state index contributed by atoms with van der Waals surface area (Å²) in [7, 11) is 1.43. The minimum atomic E-state index is -0.842. The summed E-state index contributed by atoms with van der Waals surface area (Å²) in [6, 6.07) is 4.93. The number of aliphatic hydroxyl groups excluding tert-OH is 1. The zero-order valence-electron chi connectivity index (χ0n) is 22.3. The topological polar surface area (TPSA) is 91.3 Å². The maximum Gasteiger partial charge on any atom is 0.346 e. The van der Waals surface area contributed by atoms with Crippen molar-refractivity contribution in [2.24, 2.45) is 23.2 Å². The molecule has 8 heteroatoms. The molecule has 202 valence electrons. The van der Waals surface area contributed by atoms with Crippen molar-refractivity contribution in [1.29, 1.82) is 0 Å². The fourth-order valence-electron chi connectivity index (χ4n) is 5.91. The number of carbonyl (C=O) groups excluding carboxylic acids is 2. The van der Waals surface area contributed by atoms with Gasteiger partial charge in [-0.3, -0.25) is 4.79 Å². The number of hydrogen-bond donors (Lipinski definition) is 1. The van der Waals surface area contributed by atoms with E-state index in [1.807, 2.05) is 20.8 Å². The molecule has 4 atom stereocenters. The van der Waals surface area contributed by atoms with Crippen LogP contribution in [0.3, 0.4) is 0 Å². The molecule has 2 bridgehead atoms. The molecule has 0 aromatic heterocycles. The van der Waals surface area contributed by atoms with Gasteiger partial charge in [-0.1, -0.05) is 37.6 Å². The Morgan fingerprint density at radius 3 is 2.68 bits per heavy atom. The summed E-state index contributed by atoms with van der Waals surface area (Å²) in [4.78, 5) is 26.7. The first kappa shape index (κ1) is 26.6. The molecule has 3 aliphatic rings. The highest BCUT2D eigenvalue weighted by Gasteiger charge is 2.51. The average Bonchev–Trinajstić information content (AvgIpc) is 3.46. The van der Waals surface area contributed by atoms with Crippen molar-refractivity contribution < 1.29 is 33.6 Å². The summed E-state index contributed by atoms with van der Waals surface area (Å²) >= 11 is 6.62. The Morgan fingerprint density at radius 2 is 2.05 bits per heavy atom. The molecule has 0 saturated heterocycles. The normalized spacial score (nSPS) is 24.2. The number of ether oxygens (including phenoxy) is 4. The lowest BCUT2D eigenvalue weighted by Crippen LogP contribution is -2.35. The number of cyclic esters (lactones) is 1. The molecule has 1 N–H and O–H groups in total. The molecule has 0 radical (unpaired) electrons. The second-order valence-corrected chi connectivity index (χ2v) is 11.6. The van der Waals surface area contributed by atoms with Crippen LogP contribution in [0.4, 0.5) is 0 Å². The zero-order chi connectivity index (χ0) is 27.4. The average molecular weight is 541 g/mol. The Bertz CT molecular complexity index is 1330. The van der Waals surface area contributed by atoms with Gasteiger partial charge in [0.25, 0.3) is 0 Å². The van der Waals surface area contributed by atoms with Crippen LogP contribution < -0.4 is 14.2 Å². The lowest BCUT2D eigenvalue weighted by molar-refractivity contribution is -0.146. The summed E-state index contributed by atoms with van der Waals surface area (Å²) in [5.41, 5.74) is 0.965. The molecule has 5 rings (SSSR count). The largest absolute Gasteiger partial charge is 0.495 e. The number of rotatable bonds is 6. The number of aliphatic hydroxyl groups is 1. The number of hydrogen-bond acceptors (Lipinski definition) is 7. The minimum Gasteiger partial charge on any atom is -0.495 e. The molecule has 2 aromatic carbocycles. The lowest BCUT2D eigenvalue weighted by Gasteiger charge is -2.30. The molecular formula is C30H33ClO7. The van der Waals surface area contributed by atoms with Crippen molar-refractivity contribution in [1.82, 2.24) is 0 Å². The standard InChI is InChI=1S/C30H33ClO7/c1-15(2)10-21(32)19-8-9-22-24(27(19)35-5)28(33)36-14-20-25(31)16(3)11-23(26(20)37-22)38-29(34)30(4)13-17-6-7-18(30)12-17/h6-9,11,15,17-18,21,32H,10,12-14H2,1-5H3/t17?,18?,21-,30+/m0/s1. The van der Waals surface area contributed by atoms with E-state index >= 15 is 0 Å². The third kappa shape index (κ3) is 4.46. The Labute approximate surface area is 227 Å². The summed E-state index contributed by atoms with van der Waals surface area (Å²) in [5, 5.41) is 11.2.